The van der Waals surface area contributed by atoms with Crippen molar-refractivity contribution < 1.29 is 4.79 Å². The van der Waals surface area contributed by atoms with Crippen LogP contribution in [0.25, 0.3) is 11.6 Å². The summed E-state index contributed by atoms with van der Waals surface area (Å²) in [5.74, 6) is -0.142. The minimum Gasteiger partial charge on any atom is -0.321 e. The van der Waals surface area contributed by atoms with Crippen molar-refractivity contribution >= 4 is 46.4 Å². The summed E-state index contributed by atoms with van der Waals surface area (Å²) in [6.07, 6.45) is 5.44. The number of rotatable bonds is 3. The number of nitrogens with zero attached hydrogens (tertiary/aromatic N) is 2. The summed E-state index contributed by atoms with van der Waals surface area (Å²) in [6.45, 7) is 0.571. The van der Waals surface area contributed by atoms with E-state index in [1.54, 1.807) is 23.0 Å². The van der Waals surface area contributed by atoms with Crippen molar-refractivity contribution in [1.29, 1.82) is 0 Å². The molecule has 2 heterocycles. The molecule has 0 unspecified atom stereocenters. The van der Waals surface area contributed by atoms with Gasteiger partial charge in [-0.1, -0.05) is 47.5 Å². The minimum atomic E-state index is -0.142. The summed E-state index contributed by atoms with van der Waals surface area (Å²) in [5, 5.41) is 8.47. The van der Waals surface area contributed by atoms with Crippen LogP contribution >= 0.6 is 23.2 Å². The van der Waals surface area contributed by atoms with Gasteiger partial charge >= 0.3 is 0 Å². The number of anilines is 1. The fourth-order valence-corrected chi connectivity index (χ4v) is 3.19. The van der Waals surface area contributed by atoms with Crippen molar-refractivity contribution in [3.63, 3.8) is 0 Å². The third-order valence-electron chi connectivity index (χ3n) is 4.02. The number of halogens is 2. The zero-order valence-corrected chi connectivity index (χ0v) is 14.6. The summed E-state index contributed by atoms with van der Waals surface area (Å²) in [4.78, 5) is 12.2. The van der Waals surface area contributed by atoms with Gasteiger partial charge in [-0.15, -0.1) is 0 Å². The number of carbonyl (C=O) groups is 1. The third kappa shape index (κ3) is 3.18. The Labute approximate surface area is 154 Å². The Kier molecular flexibility index (Phi) is 4.07. The first-order chi connectivity index (χ1) is 12.1. The number of hydrogen-bond acceptors (Lipinski definition) is 2. The molecule has 2 aromatic carbocycles. The largest absolute Gasteiger partial charge is 0.321 e. The standard InChI is InChI=1S/C19H13Cl2N3O/c20-14-5-6-15-16(19(25)23-18(15)8-14)7-12-9-22-24(10-12)11-13-3-1-2-4-17(13)21/h1-10H,11H2,(H,23,25)/b16-7+. The van der Waals surface area contributed by atoms with Crippen LogP contribution in [0.5, 0.6) is 0 Å². The van der Waals surface area contributed by atoms with Gasteiger partial charge in [0.15, 0.2) is 0 Å². The Morgan fingerprint density at radius 1 is 1.16 bits per heavy atom. The maximum Gasteiger partial charge on any atom is 0.256 e. The van der Waals surface area contributed by atoms with Crippen molar-refractivity contribution in [3.05, 3.63) is 81.6 Å². The molecule has 0 spiro atoms. The van der Waals surface area contributed by atoms with E-state index in [4.69, 9.17) is 23.2 Å². The van der Waals surface area contributed by atoms with Crippen LogP contribution in [0.2, 0.25) is 10.0 Å². The molecule has 25 heavy (non-hydrogen) atoms. The Morgan fingerprint density at radius 2 is 2.00 bits per heavy atom. The predicted octanol–water partition coefficient (Wildman–Crippen LogP) is 4.73. The van der Waals surface area contributed by atoms with Crippen LogP contribution < -0.4 is 5.32 Å². The van der Waals surface area contributed by atoms with E-state index in [1.807, 2.05) is 42.6 Å². The molecule has 124 valence electrons. The van der Waals surface area contributed by atoms with Gasteiger partial charge in [-0.2, -0.15) is 5.10 Å². The number of amides is 1. The summed E-state index contributed by atoms with van der Waals surface area (Å²) in [7, 11) is 0. The van der Waals surface area contributed by atoms with Gasteiger partial charge in [0.2, 0.25) is 0 Å². The van der Waals surface area contributed by atoms with Crippen molar-refractivity contribution in [2.45, 2.75) is 6.54 Å². The lowest BCUT2D eigenvalue weighted by atomic mass is 10.1. The van der Waals surface area contributed by atoms with E-state index in [1.165, 1.54) is 0 Å². The molecule has 0 aliphatic carbocycles. The first-order valence-corrected chi connectivity index (χ1v) is 8.44. The average Bonchev–Trinajstić information content (AvgIpc) is 3.14. The highest BCUT2D eigenvalue weighted by atomic mass is 35.5. The molecule has 1 amide bonds. The number of benzene rings is 2. The molecule has 0 atom stereocenters. The molecule has 3 aromatic rings. The molecule has 0 radical (unpaired) electrons. The maximum atomic E-state index is 12.2. The summed E-state index contributed by atoms with van der Waals surface area (Å²) >= 11 is 12.2. The zero-order chi connectivity index (χ0) is 17.4. The molecule has 4 rings (SSSR count). The number of hydrogen-bond donors (Lipinski definition) is 1. The van der Waals surface area contributed by atoms with Gasteiger partial charge in [0.05, 0.1) is 18.4 Å². The molecular formula is C19H13Cl2N3O. The summed E-state index contributed by atoms with van der Waals surface area (Å²) in [5.41, 5.74) is 4.01. The topological polar surface area (TPSA) is 46.9 Å². The minimum absolute atomic E-state index is 0.142. The van der Waals surface area contributed by atoms with Crippen LogP contribution in [0.4, 0.5) is 5.69 Å². The molecule has 1 aliphatic heterocycles. The Bertz CT molecular complexity index is 1010. The predicted molar refractivity (Wildman–Crippen MR) is 101 cm³/mol. The highest BCUT2D eigenvalue weighted by Gasteiger charge is 2.24. The first kappa shape index (κ1) is 15.9. The molecule has 1 aromatic heterocycles. The van der Waals surface area contributed by atoms with Crippen molar-refractivity contribution in [2.75, 3.05) is 5.32 Å². The van der Waals surface area contributed by atoms with Gasteiger partial charge in [-0.3, -0.25) is 9.48 Å². The second-order valence-electron chi connectivity index (χ2n) is 5.76. The summed E-state index contributed by atoms with van der Waals surface area (Å²) in [6, 6.07) is 13.0. The molecule has 4 nitrogen and oxygen atoms in total. The molecule has 0 saturated carbocycles. The molecule has 0 saturated heterocycles. The van der Waals surface area contributed by atoms with E-state index in [0.717, 1.165) is 22.4 Å². The van der Waals surface area contributed by atoms with Crippen LogP contribution in [0.1, 0.15) is 16.7 Å². The van der Waals surface area contributed by atoms with Crippen molar-refractivity contribution in [1.82, 2.24) is 9.78 Å². The quantitative estimate of drug-likeness (QED) is 0.678. The van der Waals surface area contributed by atoms with Gasteiger partial charge in [0.1, 0.15) is 0 Å². The Morgan fingerprint density at radius 3 is 2.84 bits per heavy atom. The highest BCUT2D eigenvalue weighted by molar-refractivity contribution is 6.36. The lowest BCUT2D eigenvalue weighted by Crippen LogP contribution is -2.03. The molecule has 1 aliphatic rings. The van der Waals surface area contributed by atoms with Crippen molar-refractivity contribution in [2.24, 2.45) is 0 Å². The van der Waals surface area contributed by atoms with Gasteiger partial charge < -0.3 is 5.32 Å². The zero-order valence-electron chi connectivity index (χ0n) is 13.0. The van der Waals surface area contributed by atoms with Crippen LogP contribution in [0, 0.1) is 0 Å². The molecule has 0 bridgehead atoms. The number of fused-ring (bicyclic) bond motifs is 1. The molecule has 6 heteroatoms. The van der Waals surface area contributed by atoms with E-state index in [-0.39, 0.29) is 5.91 Å². The SMILES string of the molecule is O=C1Nc2cc(Cl)ccc2/C1=C\c1cnn(Cc2ccccc2Cl)c1. The summed E-state index contributed by atoms with van der Waals surface area (Å²) < 4.78 is 1.79. The van der Waals surface area contributed by atoms with E-state index in [2.05, 4.69) is 10.4 Å². The van der Waals surface area contributed by atoms with Gasteiger partial charge in [-0.25, -0.2) is 0 Å². The average molecular weight is 370 g/mol. The Balaban J connectivity index is 1.62. The highest BCUT2D eigenvalue weighted by Crippen LogP contribution is 2.34. The third-order valence-corrected chi connectivity index (χ3v) is 4.62. The van der Waals surface area contributed by atoms with Gasteiger partial charge in [0, 0.05) is 32.9 Å². The van der Waals surface area contributed by atoms with Crippen LogP contribution in [-0.4, -0.2) is 15.7 Å². The molecule has 0 fully saturated rings. The lowest BCUT2D eigenvalue weighted by molar-refractivity contribution is -0.110. The number of aromatic nitrogens is 2. The van der Waals surface area contributed by atoms with Crippen LogP contribution in [0.3, 0.4) is 0 Å². The first-order valence-electron chi connectivity index (χ1n) is 7.69. The van der Waals surface area contributed by atoms with E-state index < -0.39 is 0 Å². The van der Waals surface area contributed by atoms with Crippen LogP contribution in [-0.2, 0) is 11.3 Å². The van der Waals surface area contributed by atoms with Gasteiger partial charge in [-0.05, 0) is 29.8 Å². The fraction of sp³-hybridized carbons (Fsp3) is 0.0526. The normalized spacial score (nSPS) is 14.6. The smallest absolute Gasteiger partial charge is 0.256 e. The monoisotopic (exact) mass is 369 g/mol. The molecular weight excluding hydrogens is 357 g/mol. The van der Waals surface area contributed by atoms with E-state index >= 15 is 0 Å². The fourth-order valence-electron chi connectivity index (χ4n) is 2.82. The number of nitrogens with one attached hydrogen (secondary N) is 1. The second-order valence-corrected chi connectivity index (χ2v) is 6.61. The maximum absolute atomic E-state index is 12.2. The van der Waals surface area contributed by atoms with E-state index in [9.17, 15) is 4.79 Å². The van der Waals surface area contributed by atoms with Gasteiger partial charge in [0.25, 0.3) is 5.91 Å². The van der Waals surface area contributed by atoms with Crippen molar-refractivity contribution in [3.8, 4) is 0 Å². The lowest BCUT2D eigenvalue weighted by Gasteiger charge is -2.03. The number of carbonyl (C=O) groups excluding carboxylic acids is 1. The Hall–Kier alpha value is -2.56. The molecule has 1 N–H and O–H groups in total. The van der Waals surface area contributed by atoms with E-state index in [0.29, 0.717) is 22.2 Å². The second kappa shape index (κ2) is 6.39. The van der Waals surface area contributed by atoms with Crippen LogP contribution in [0.15, 0.2) is 54.9 Å².